The SMILES string of the molecule is CCn1c(C[C@@H]2CCN(C(=O)CCc3cccc(OC)c3)C2)nc2cccnc21. The van der Waals surface area contributed by atoms with Gasteiger partial charge in [-0.2, -0.15) is 0 Å². The molecule has 6 heteroatoms. The zero-order chi connectivity index (χ0) is 20.2. The van der Waals surface area contributed by atoms with Crippen LogP contribution >= 0.6 is 0 Å². The molecule has 0 saturated carbocycles. The van der Waals surface area contributed by atoms with Gasteiger partial charge in [-0.1, -0.05) is 12.1 Å². The third kappa shape index (κ3) is 4.26. The second-order valence-electron chi connectivity index (χ2n) is 7.67. The number of pyridine rings is 1. The predicted molar refractivity (Wildman–Crippen MR) is 113 cm³/mol. The molecule has 0 N–H and O–H groups in total. The summed E-state index contributed by atoms with van der Waals surface area (Å²) in [5, 5.41) is 0. The molecular weight excluding hydrogens is 364 g/mol. The summed E-state index contributed by atoms with van der Waals surface area (Å²) in [5.41, 5.74) is 3.04. The second kappa shape index (κ2) is 8.64. The number of hydrogen-bond acceptors (Lipinski definition) is 4. The summed E-state index contributed by atoms with van der Waals surface area (Å²) in [7, 11) is 1.66. The molecule has 1 fully saturated rings. The van der Waals surface area contributed by atoms with Crippen molar-refractivity contribution in [2.24, 2.45) is 5.92 Å². The Morgan fingerprint density at radius 2 is 2.17 bits per heavy atom. The maximum Gasteiger partial charge on any atom is 0.222 e. The molecule has 6 nitrogen and oxygen atoms in total. The zero-order valence-electron chi connectivity index (χ0n) is 17.2. The molecule has 1 aliphatic heterocycles. The number of amides is 1. The van der Waals surface area contributed by atoms with Crippen LogP contribution in [0.25, 0.3) is 11.2 Å². The molecule has 3 heterocycles. The van der Waals surface area contributed by atoms with E-state index in [9.17, 15) is 4.79 Å². The van der Waals surface area contributed by atoms with Crippen LogP contribution in [0, 0.1) is 5.92 Å². The van der Waals surface area contributed by atoms with Gasteiger partial charge in [0.15, 0.2) is 5.65 Å². The summed E-state index contributed by atoms with van der Waals surface area (Å²) in [4.78, 5) is 24.0. The van der Waals surface area contributed by atoms with Gasteiger partial charge in [-0.15, -0.1) is 0 Å². The third-order valence-electron chi connectivity index (χ3n) is 5.77. The molecule has 1 aromatic carbocycles. The van der Waals surface area contributed by atoms with Crippen LogP contribution in [-0.2, 0) is 24.2 Å². The van der Waals surface area contributed by atoms with Crippen LogP contribution in [0.15, 0.2) is 42.6 Å². The van der Waals surface area contributed by atoms with Gasteiger partial charge >= 0.3 is 0 Å². The molecule has 1 aliphatic rings. The lowest BCUT2D eigenvalue weighted by molar-refractivity contribution is -0.130. The average molecular weight is 393 g/mol. The number of imidazole rings is 1. The first kappa shape index (κ1) is 19.4. The number of fused-ring (bicyclic) bond motifs is 1. The molecule has 0 spiro atoms. The van der Waals surface area contributed by atoms with Gasteiger partial charge in [0.2, 0.25) is 5.91 Å². The quantitative estimate of drug-likeness (QED) is 0.618. The minimum absolute atomic E-state index is 0.237. The van der Waals surface area contributed by atoms with Crippen molar-refractivity contribution < 1.29 is 9.53 Å². The Bertz CT molecular complexity index is 997. The molecular formula is C23H28N4O2. The van der Waals surface area contributed by atoms with Gasteiger partial charge in [0.1, 0.15) is 17.1 Å². The van der Waals surface area contributed by atoms with E-state index in [2.05, 4.69) is 16.5 Å². The van der Waals surface area contributed by atoms with Crippen LogP contribution in [0.4, 0.5) is 0 Å². The number of likely N-dealkylation sites (tertiary alicyclic amines) is 1. The highest BCUT2D eigenvalue weighted by Crippen LogP contribution is 2.24. The number of aryl methyl sites for hydroxylation is 2. The summed E-state index contributed by atoms with van der Waals surface area (Å²) < 4.78 is 7.46. The van der Waals surface area contributed by atoms with E-state index in [1.807, 2.05) is 47.5 Å². The van der Waals surface area contributed by atoms with Crippen molar-refractivity contribution in [2.75, 3.05) is 20.2 Å². The Balaban J connectivity index is 1.35. The Labute approximate surface area is 171 Å². The van der Waals surface area contributed by atoms with Gasteiger partial charge in [0.25, 0.3) is 0 Å². The highest BCUT2D eigenvalue weighted by molar-refractivity contribution is 5.76. The van der Waals surface area contributed by atoms with Crippen molar-refractivity contribution >= 4 is 17.1 Å². The van der Waals surface area contributed by atoms with E-state index in [4.69, 9.17) is 9.72 Å². The summed E-state index contributed by atoms with van der Waals surface area (Å²) in [6.07, 6.45) is 5.03. The van der Waals surface area contributed by atoms with Crippen LogP contribution in [0.3, 0.4) is 0 Å². The monoisotopic (exact) mass is 392 g/mol. The van der Waals surface area contributed by atoms with E-state index in [1.54, 1.807) is 7.11 Å². The Morgan fingerprint density at radius 1 is 1.28 bits per heavy atom. The molecule has 1 atom stereocenters. The van der Waals surface area contributed by atoms with Crippen molar-refractivity contribution in [1.29, 1.82) is 0 Å². The molecule has 1 amide bonds. The van der Waals surface area contributed by atoms with Crippen LogP contribution < -0.4 is 4.74 Å². The van der Waals surface area contributed by atoms with Gasteiger partial charge in [-0.25, -0.2) is 9.97 Å². The fraction of sp³-hybridized carbons (Fsp3) is 0.435. The van der Waals surface area contributed by atoms with Crippen molar-refractivity contribution in [1.82, 2.24) is 19.4 Å². The van der Waals surface area contributed by atoms with Crippen molar-refractivity contribution in [3.8, 4) is 5.75 Å². The zero-order valence-corrected chi connectivity index (χ0v) is 17.2. The van der Waals surface area contributed by atoms with Gasteiger partial charge in [0.05, 0.1) is 7.11 Å². The first-order chi connectivity index (χ1) is 14.2. The fourth-order valence-electron chi connectivity index (χ4n) is 4.21. The molecule has 0 unspecified atom stereocenters. The fourth-order valence-corrected chi connectivity index (χ4v) is 4.21. The first-order valence-corrected chi connectivity index (χ1v) is 10.4. The average Bonchev–Trinajstić information content (AvgIpc) is 3.36. The van der Waals surface area contributed by atoms with Crippen LogP contribution in [0.5, 0.6) is 5.75 Å². The topological polar surface area (TPSA) is 60.2 Å². The summed E-state index contributed by atoms with van der Waals surface area (Å²) >= 11 is 0. The third-order valence-corrected chi connectivity index (χ3v) is 5.77. The van der Waals surface area contributed by atoms with E-state index >= 15 is 0 Å². The predicted octanol–water partition coefficient (Wildman–Crippen LogP) is 3.48. The Morgan fingerprint density at radius 3 is 3.00 bits per heavy atom. The number of carbonyl (C=O) groups is 1. The minimum atomic E-state index is 0.237. The smallest absolute Gasteiger partial charge is 0.222 e. The van der Waals surface area contributed by atoms with Gasteiger partial charge < -0.3 is 14.2 Å². The van der Waals surface area contributed by atoms with Crippen molar-refractivity contribution in [3.63, 3.8) is 0 Å². The number of hydrogen-bond donors (Lipinski definition) is 0. The van der Waals surface area contributed by atoms with E-state index in [1.165, 1.54) is 0 Å². The van der Waals surface area contributed by atoms with Crippen molar-refractivity contribution in [2.45, 2.75) is 39.2 Å². The molecule has 0 aliphatic carbocycles. The van der Waals surface area contributed by atoms with Crippen LogP contribution in [0.1, 0.15) is 31.2 Å². The van der Waals surface area contributed by atoms with E-state index < -0.39 is 0 Å². The normalized spacial score (nSPS) is 16.5. The first-order valence-electron chi connectivity index (χ1n) is 10.4. The number of methoxy groups -OCH3 is 1. The highest BCUT2D eigenvalue weighted by Gasteiger charge is 2.27. The second-order valence-corrected chi connectivity index (χ2v) is 7.67. The van der Waals surface area contributed by atoms with E-state index in [-0.39, 0.29) is 5.91 Å². The maximum absolute atomic E-state index is 12.7. The number of ether oxygens (including phenoxy) is 1. The van der Waals surface area contributed by atoms with Crippen molar-refractivity contribution in [3.05, 3.63) is 54.0 Å². The lowest BCUT2D eigenvalue weighted by atomic mass is 10.0. The van der Waals surface area contributed by atoms with E-state index in [0.29, 0.717) is 12.3 Å². The molecule has 152 valence electrons. The number of carbonyl (C=O) groups excluding carboxylic acids is 1. The lowest BCUT2D eigenvalue weighted by Crippen LogP contribution is -2.29. The molecule has 29 heavy (non-hydrogen) atoms. The number of nitrogens with zero attached hydrogens (tertiary/aromatic N) is 4. The summed E-state index contributed by atoms with van der Waals surface area (Å²) in [5.74, 6) is 2.61. The van der Waals surface area contributed by atoms with Crippen LogP contribution in [-0.4, -0.2) is 45.5 Å². The molecule has 0 bridgehead atoms. The largest absolute Gasteiger partial charge is 0.497 e. The van der Waals surface area contributed by atoms with Crippen LogP contribution in [0.2, 0.25) is 0 Å². The molecule has 4 rings (SSSR count). The number of rotatable bonds is 7. The summed E-state index contributed by atoms with van der Waals surface area (Å²) in [6, 6.07) is 11.9. The molecule has 2 aromatic heterocycles. The lowest BCUT2D eigenvalue weighted by Gasteiger charge is -2.17. The standard InChI is InChI=1S/C23H28N4O2/c1-3-27-21(25-20-8-5-12-24-23(20)27)15-18-11-13-26(16-18)22(28)10-9-17-6-4-7-19(14-17)29-2/h4-8,12,14,18H,3,9-11,13,15-16H2,1-2H3/t18-/m0/s1. The number of aromatic nitrogens is 3. The highest BCUT2D eigenvalue weighted by atomic mass is 16.5. The maximum atomic E-state index is 12.7. The van der Waals surface area contributed by atoms with Gasteiger partial charge in [0, 0.05) is 38.7 Å². The van der Waals surface area contributed by atoms with E-state index in [0.717, 1.165) is 67.2 Å². The summed E-state index contributed by atoms with van der Waals surface area (Å²) in [6.45, 7) is 4.64. The molecule has 0 radical (unpaired) electrons. The minimum Gasteiger partial charge on any atom is -0.497 e. The molecule has 3 aromatic rings. The molecule has 1 saturated heterocycles. The van der Waals surface area contributed by atoms with Gasteiger partial charge in [-0.05, 0) is 55.5 Å². The Hall–Kier alpha value is -2.89. The number of benzene rings is 1. The van der Waals surface area contributed by atoms with Gasteiger partial charge in [-0.3, -0.25) is 4.79 Å². The Kier molecular flexibility index (Phi) is 5.79.